The maximum atomic E-state index is 13.5. The zero-order valence-electron chi connectivity index (χ0n) is 19.7. The van der Waals surface area contributed by atoms with Gasteiger partial charge in [0.25, 0.3) is 0 Å². The first-order valence-corrected chi connectivity index (χ1v) is 12.7. The molecule has 2 aliphatic rings. The van der Waals surface area contributed by atoms with Crippen LogP contribution in [0.25, 0.3) is 0 Å². The normalized spacial score (nSPS) is 21.7. The van der Waals surface area contributed by atoms with Crippen LogP contribution in [0.15, 0.2) is 15.0 Å². The fourth-order valence-electron chi connectivity index (χ4n) is 3.29. The number of fused-ring (bicyclic) bond motifs is 1. The van der Waals surface area contributed by atoms with E-state index in [2.05, 4.69) is 25.2 Å². The van der Waals surface area contributed by atoms with E-state index in [1.807, 2.05) is 11.8 Å². The number of nitrogens with two attached hydrogens (primary N) is 1. The van der Waals surface area contributed by atoms with Crippen molar-refractivity contribution in [3.05, 3.63) is 0 Å². The van der Waals surface area contributed by atoms with Crippen LogP contribution in [0.1, 0.15) is 34.6 Å². The van der Waals surface area contributed by atoms with E-state index in [0.717, 1.165) is 5.71 Å². The third-order valence-electron chi connectivity index (χ3n) is 4.83. The highest BCUT2D eigenvalue weighted by molar-refractivity contribution is 7.59. The first-order valence-electron chi connectivity index (χ1n) is 10.8. The molecule has 2 unspecified atom stereocenters. The zero-order chi connectivity index (χ0) is 24.6. The van der Waals surface area contributed by atoms with Gasteiger partial charge in [-0.1, -0.05) is 0 Å². The molecule has 2 heterocycles. The maximum Gasteiger partial charge on any atom is 0.323 e. The smallest absolute Gasteiger partial charge is 0.323 e. The molecule has 2 rings (SSSR count). The first-order chi connectivity index (χ1) is 15.6. The van der Waals surface area contributed by atoms with Crippen LogP contribution in [0, 0.1) is 0 Å². The predicted molar refractivity (Wildman–Crippen MR) is 124 cm³/mol. The molecular weight excluding hydrogens is 453 g/mol. The van der Waals surface area contributed by atoms with Gasteiger partial charge in [-0.15, -0.1) is 0 Å². The number of carbonyl (C=O) groups excluding carboxylic acids is 2. The van der Waals surface area contributed by atoms with Crippen molar-refractivity contribution >= 4 is 37.4 Å². The van der Waals surface area contributed by atoms with Gasteiger partial charge in [0.1, 0.15) is 24.5 Å². The van der Waals surface area contributed by atoms with Gasteiger partial charge in [0.05, 0.1) is 26.2 Å². The van der Waals surface area contributed by atoms with E-state index >= 15 is 0 Å². The summed E-state index contributed by atoms with van der Waals surface area (Å²) in [6.07, 6.45) is 1.11. The van der Waals surface area contributed by atoms with Crippen molar-refractivity contribution in [2.45, 2.75) is 58.9 Å². The lowest BCUT2D eigenvalue weighted by Crippen LogP contribution is -2.44. The number of esters is 2. The van der Waals surface area contributed by atoms with Crippen LogP contribution in [0.3, 0.4) is 0 Å². The molecule has 186 valence electrons. The van der Waals surface area contributed by atoms with Crippen LogP contribution in [0.4, 0.5) is 0 Å². The molecule has 0 aromatic rings. The molecule has 0 amide bonds. The molecule has 13 nitrogen and oxygen atoms in total. The van der Waals surface area contributed by atoms with Crippen molar-refractivity contribution in [1.29, 1.82) is 0 Å². The molecule has 0 radical (unpaired) electrons. The Hall–Kier alpha value is -2.34. The van der Waals surface area contributed by atoms with E-state index in [1.165, 1.54) is 13.8 Å². The number of guanidine groups is 1. The summed E-state index contributed by atoms with van der Waals surface area (Å²) in [5, 5.41) is 5.47. The summed E-state index contributed by atoms with van der Waals surface area (Å²) in [6, 6.07) is -1.95. The average Bonchev–Trinajstić information content (AvgIpc) is 3.14. The second-order valence-electron chi connectivity index (χ2n) is 7.58. The minimum absolute atomic E-state index is 0.190. The standard InChI is InChI=1S/C19H34N7O6P/c1-6-31-17(27)13(4)24-33(29,25-14(5)18(28)32-7-2)11-30-9-8-26-10-21-15-12(3)22-19(20)23-16(15)26/h10,13-16H,6-9,11H2,1-5H3,(H2,20,23)(H2,24,25,29)/t13-,14-,15?,16?/m0/s1. The van der Waals surface area contributed by atoms with Crippen molar-refractivity contribution in [2.75, 3.05) is 32.7 Å². The van der Waals surface area contributed by atoms with Gasteiger partial charge >= 0.3 is 11.9 Å². The minimum Gasteiger partial charge on any atom is -0.465 e. The van der Waals surface area contributed by atoms with Gasteiger partial charge in [-0.3, -0.25) is 19.1 Å². The van der Waals surface area contributed by atoms with Crippen LogP contribution >= 0.6 is 7.44 Å². The molecule has 0 saturated heterocycles. The van der Waals surface area contributed by atoms with Crippen molar-refractivity contribution in [2.24, 2.45) is 20.7 Å². The molecule has 0 aromatic heterocycles. The lowest BCUT2D eigenvalue weighted by molar-refractivity contribution is -0.145. The van der Waals surface area contributed by atoms with Crippen molar-refractivity contribution in [3.8, 4) is 0 Å². The van der Waals surface area contributed by atoms with Crippen molar-refractivity contribution < 1.29 is 28.4 Å². The van der Waals surface area contributed by atoms with Gasteiger partial charge in [-0.2, -0.15) is 0 Å². The lowest BCUT2D eigenvalue weighted by atomic mass is 10.1. The molecule has 0 saturated carbocycles. The largest absolute Gasteiger partial charge is 0.465 e. The second-order valence-corrected chi connectivity index (χ2v) is 9.84. The number of nitrogens with one attached hydrogen (secondary N) is 2. The van der Waals surface area contributed by atoms with Crippen molar-refractivity contribution in [1.82, 2.24) is 15.1 Å². The van der Waals surface area contributed by atoms with Gasteiger partial charge in [-0.25, -0.2) is 20.2 Å². The zero-order valence-corrected chi connectivity index (χ0v) is 20.6. The summed E-state index contributed by atoms with van der Waals surface area (Å²) < 4.78 is 29.1. The number of hydrogen-bond donors (Lipinski definition) is 3. The van der Waals surface area contributed by atoms with Gasteiger partial charge in [-0.05, 0) is 34.6 Å². The van der Waals surface area contributed by atoms with E-state index in [1.54, 1.807) is 20.2 Å². The van der Waals surface area contributed by atoms with Crippen LogP contribution in [-0.4, -0.2) is 91.9 Å². The fourth-order valence-corrected chi connectivity index (χ4v) is 5.37. The third kappa shape index (κ3) is 7.60. The van der Waals surface area contributed by atoms with Gasteiger partial charge in [0.15, 0.2) is 6.17 Å². The lowest BCUT2D eigenvalue weighted by Gasteiger charge is -2.28. The highest BCUT2D eigenvalue weighted by atomic mass is 31.2. The van der Waals surface area contributed by atoms with Gasteiger partial charge < -0.3 is 24.8 Å². The van der Waals surface area contributed by atoms with Crippen LogP contribution in [-0.2, 0) is 28.4 Å². The maximum absolute atomic E-state index is 13.5. The summed E-state index contributed by atoms with van der Waals surface area (Å²) in [4.78, 5) is 38.8. The summed E-state index contributed by atoms with van der Waals surface area (Å²) in [6.45, 7) is 9.24. The fraction of sp³-hybridized carbons (Fsp3) is 0.737. The number of aliphatic imine (C=N–C) groups is 3. The Kier molecular flexibility index (Phi) is 9.96. The Balaban J connectivity index is 1.96. The van der Waals surface area contributed by atoms with Crippen molar-refractivity contribution in [3.63, 3.8) is 0 Å². The molecular formula is C19H34N7O6P. The Morgan fingerprint density at radius 3 is 2.30 bits per heavy atom. The van der Waals surface area contributed by atoms with Gasteiger partial charge in [0, 0.05) is 12.3 Å². The van der Waals surface area contributed by atoms with E-state index in [0.29, 0.717) is 6.54 Å². The molecule has 33 heavy (non-hydrogen) atoms. The van der Waals surface area contributed by atoms with E-state index in [4.69, 9.17) is 19.9 Å². The average molecular weight is 487 g/mol. The second kappa shape index (κ2) is 12.2. The van der Waals surface area contributed by atoms with E-state index in [-0.39, 0.29) is 44.3 Å². The van der Waals surface area contributed by atoms with Crippen LogP contribution in [0.2, 0.25) is 0 Å². The number of nitrogens with zero attached hydrogens (tertiary/aromatic N) is 4. The number of rotatable bonds is 13. The Morgan fingerprint density at radius 1 is 1.18 bits per heavy atom. The quantitative estimate of drug-likeness (QED) is 0.183. The monoisotopic (exact) mass is 487 g/mol. The van der Waals surface area contributed by atoms with E-state index < -0.39 is 31.5 Å². The van der Waals surface area contributed by atoms with Gasteiger partial charge in [0.2, 0.25) is 13.4 Å². The summed E-state index contributed by atoms with van der Waals surface area (Å²) in [5.74, 6) is -0.927. The number of hydrogen-bond acceptors (Lipinski definition) is 11. The molecule has 0 fully saturated rings. The summed E-state index contributed by atoms with van der Waals surface area (Å²) in [5.41, 5.74) is 6.54. The van der Waals surface area contributed by atoms with Crippen LogP contribution in [0.5, 0.6) is 0 Å². The highest BCUT2D eigenvalue weighted by Crippen LogP contribution is 2.37. The Bertz CT molecular complexity index is 818. The Labute approximate surface area is 193 Å². The summed E-state index contributed by atoms with van der Waals surface area (Å²) in [7, 11) is -3.54. The highest BCUT2D eigenvalue weighted by Gasteiger charge is 2.35. The predicted octanol–water partition coefficient (Wildman–Crippen LogP) is 0.0638. The Morgan fingerprint density at radius 2 is 1.76 bits per heavy atom. The first kappa shape index (κ1) is 26.9. The SMILES string of the molecule is CCOC(=O)[C@H](C)NP(=O)(COCCN1C=NC2C(C)=NC(N)=NC21)N[C@@H](C)C(=O)OCC. The topological polar surface area (TPSA) is 169 Å². The number of carbonyl (C=O) groups is 2. The molecule has 0 spiro atoms. The van der Waals surface area contributed by atoms with Crippen LogP contribution < -0.4 is 15.9 Å². The molecule has 2 aliphatic heterocycles. The minimum atomic E-state index is -3.54. The van der Waals surface area contributed by atoms with E-state index in [9.17, 15) is 14.2 Å². The molecule has 4 atom stereocenters. The molecule has 4 N–H and O–H groups in total. The number of ether oxygens (including phenoxy) is 3. The molecule has 0 bridgehead atoms. The molecule has 0 aromatic carbocycles. The molecule has 0 aliphatic carbocycles. The summed E-state index contributed by atoms with van der Waals surface area (Å²) >= 11 is 0. The molecule has 14 heteroatoms. The third-order valence-corrected chi connectivity index (χ3v) is 6.99.